The van der Waals surface area contributed by atoms with Crippen molar-refractivity contribution in [2.75, 3.05) is 11.5 Å². The van der Waals surface area contributed by atoms with Gasteiger partial charge in [0.2, 0.25) is 5.12 Å². The summed E-state index contributed by atoms with van der Waals surface area (Å²) in [6.45, 7) is 8.86. The number of aromatic carboxylic acids is 1. The molecule has 0 saturated carbocycles. The van der Waals surface area contributed by atoms with Crippen molar-refractivity contribution in [2.45, 2.75) is 59.5 Å². The Labute approximate surface area is 285 Å². The van der Waals surface area contributed by atoms with Gasteiger partial charge in [0.05, 0.1) is 16.6 Å². The van der Waals surface area contributed by atoms with Gasteiger partial charge in [0, 0.05) is 41.6 Å². The van der Waals surface area contributed by atoms with Crippen LogP contribution in [0.15, 0.2) is 84.9 Å². The molecule has 5 aromatic rings. The van der Waals surface area contributed by atoms with Gasteiger partial charge < -0.3 is 20.7 Å². The molecule has 248 valence electrons. The highest BCUT2D eigenvalue weighted by atomic mass is 32.2. The molecule has 1 aromatic heterocycles. The van der Waals surface area contributed by atoms with E-state index in [1.54, 1.807) is 36.4 Å². The number of hydrogen-bond acceptors (Lipinski definition) is 6. The Bertz CT molecular complexity index is 1930. The highest BCUT2D eigenvalue weighted by molar-refractivity contribution is 8.14. The third-order valence-corrected chi connectivity index (χ3v) is 9.34. The zero-order valence-electron chi connectivity index (χ0n) is 27.8. The van der Waals surface area contributed by atoms with E-state index < -0.39 is 5.97 Å². The number of nitrogens with one attached hydrogen (secondary N) is 1. The molecule has 0 bridgehead atoms. The number of carbonyl (C=O) groups excluding carboxylic acids is 2. The second kappa shape index (κ2) is 15.3. The molecule has 48 heavy (non-hydrogen) atoms. The van der Waals surface area contributed by atoms with E-state index in [4.69, 9.17) is 10.7 Å². The average Bonchev–Trinajstić information content (AvgIpc) is 3.41. The largest absolute Gasteiger partial charge is 0.478 e. The number of nitrogens with two attached hydrogens (primary N) is 1. The van der Waals surface area contributed by atoms with E-state index in [-0.39, 0.29) is 22.6 Å². The fraction of sp³-hybridized carbons (Fsp3) is 0.282. The van der Waals surface area contributed by atoms with Crippen LogP contribution in [0.5, 0.6) is 0 Å². The number of carbonyl (C=O) groups is 3. The minimum absolute atomic E-state index is 0.0539. The van der Waals surface area contributed by atoms with Crippen molar-refractivity contribution in [1.29, 1.82) is 0 Å². The van der Waals surface area contributed by atoms with Gasteiger partial charge in [0.25, 0.3) is 5.91 Å². The third kappa shape index (κ3) is 8.15. The number of hydrogen-bond donors (Lipinski definition) is 3. The summed E-state index contributed by atoms with van der Waals surface area (Å²) in [6, 6.07) is 25.4. The number of carboxylic acids is 1. The van der Waals surface area contributed by atoms with Gasteiger partial charge in [-0.15, -0.1) is 0 Å². The number of carboxylic acid groups (broad SMARTS) is 1. The summed E-state index contributed by atoms with van der Waals surface area (Å²) in [5.41, 5.74) is 13.0. The Morgan fingerprint density at radius 3 is 2.33 bits per heavy atom. The number of benzene rings is 4. The van der Waals surface area contributed by atoms with Crippen LogP contribution in [-0.4, -0.2) is 43.4 Å². The van der Waals surface area contributed by atoms with Crippen LogP contribution in [0.25, 0.3) is 22.2 Å². The van der Waals surface area contributed by atoms with Crippen molar-refractivity contribution in [3.63, 3.8) is 0 Å². The molecule has 1 heterocycles. The molecule has 8 nitrogen and oxygen atoms in total. The van der Waals surface area contributed by atoms with E-state index in [1.807, 2.05) is 55.5 Å². The first-order valence-corrected chi connectivity index (χ1v) is 17.3. The van der Waals surface area contributed by atoms with E-state index in [0.29, 0.717) is 40.6 Å². The summed E-state index contributed by atoms with van der Waals surface area (Å²) < 4.78 is 2.18. The number of fused-ring (bicyclic) bond motifs is 1. The van der Waals surface area contributed by atoms with Crippen molar-refractivity contribution < 1.29 is 19.5 Å². The molecule has 5 rings (SSSR count). The molecule has 0 fully saturated rings. The van der Waals surface area contributed by atoms with Crippen LogP contribution in [0.1, 0.15) is 81.6 Å². The van der Waals surface area contributed by atoms with Gasteiger partial charge >= 0.3 is 5.97 Å². The summed E-state index contributed by atoms with van der Waals surface area (Å²) >= 11 is 1.20. The molecule has 9 heteroatoms. The number of anilines is 1. The molecule has 0 unspecified atom stereocenters. The molecule has 0 spiro atoms. The first kappa shape index (κ1) is 34.4. The highest BCUT2D eigenvalue weighted by Crippen LogP contribution is 2.27. The average molecular weight is 663 g/mol. The van der Waals surface area contributed by atoms with Gasteiger partial charge in [-0.25, -0.2) is 9.78 Å². The second-order valence-electron chi connectivity index (χ2n) is 12.6. The Hall–Kier alpha value is -4.89. The van der Waals surface area contributed by atoms with Crippen LogP contribution < -0.4 is 11.1 Å². The monoisotopic (exact) mass is 662 g/mol. The molecule has 0 saturated heterocycles. The number of nitrogen functional groups attached to an aromatic ring is 1. The van der Waals surface area contributed by atoms with Crippen LogP contribution in [0, 0.1) is 12.8 Å². The Morgan fingerprint density at radius 1 is 0.958 bits per heavy atom. The van der Waals surface area contributed by atoms with Gasteiger partial charge in [-0.3, -0.25) is 9.59 Å². The van der Waals surface area contributed by atoms with Crippen LogP contribution in [0.2, 0.25) is 0 Å². The summed E-state index contributed by atoms with van der Waals surface area (Å²) in [5, 5.41) is 12.8. The maximum absolute atomic E-state index is 13.7. The number of rotatable bonds is 13. The van der Waals surface area contributed by atoms with Gasteiger partial charge in [-0.2, -0.15) is 0 Å². The minimum Gasteiger partial charge on any atom is -0.478 e. The lowest BCUT2D eigenvalue weighted by atomic mass is 9.98. The smallest absolute Gasteiger partial charge is 0.336 e. The zero-order valence-corrected chi connectivity index (χ0v) is 28.6. The normalized spacial score (nSPS) is 11.9. The van der Waals surface area contributed by atoms with E-state index >= 15 is 0 Å². The maximum Gasteiger partial charge on any atom is 0.336 e. The first-order valence-electron chi connectivity index (χ1n) is 16.3. The fourth-order valence-electron chi connectivity index (χ4n) is 5.94. The van der Waals surface area contributed by atoms with Crippen molar-refractivity contribution in [3.05, 3.63) is 119 Å². The fourth-order valence-corrected chi connectivity index (χ4v) is 6.82. The van der Waals surface area contributed by atoms with Gasteiger partial charge in [0.1, 0.15) is 5.82 Å². The SMILES string of the molecule is CCCc1nc2c(C)cc(C(=O)N[C@@H](CSC(=O)c3ccc(N)cc3)CC(C)C)cc2n1Cc1ccc(-c2ccccc2C(=O)O)cc1. The number of thioether (sulfide) groups is 1. The maximum atomic E-state index is 13.7. The molecule has 0 aliphatic carbocycles. The lowest BCUT2D eigenvalue weighted by Gasteiger charge is -2.20. The summed E-state index contributed by atoms with van der Waals surface area (Å²) in [7, 11) is 0. The standard InChI is InChI=1S/C39H42N4O4S/c1-5-8-35-42-36-25(4)20-29(37(44)41-31(19-24(2)3)23-48-39(47)28-15-17-30(40)18-16-28)21-34(36)43(35)22-26-11-13-27(14-12-26)32-9-6-7-10-33(32)38(45)46/h6-7,9-18,20-21,24,31H,5,8,19,22-23,40H2,1-4H3,(H,41,44)(H,45,46)/t31-/m1/s1. The number of aromatic nitrogens is 2. The quantitative estimate of drug-likeness (QED) is 0.109. The Morgan fingerprint density at radius 2 is 1.67 bits per heavy atom. The number of imidazole rings is 1. The molecule has 0 aliphatic rings. The molecular weight excluding hydrogens is 621 g/mol. The van der Waals surface area contributed by atoms with Gasteiger partial charge in [0.15, 0.2) is 0 Å². The van der Waals surface area contributed by atoms with Crippen molar-refractivity contribution >= 4 is 45.5 Å². The van der Waals surface area contributed by atoms with Crippen LogP contribution in [-0.2, 0) is 13.0 Å². The topological polar surface area (TPSA) is 127 Å². The summed E-state index contributed by atoms with van der Waals surface area (Å²) in [4.78, 5) is 43.4. The van der Waals surface area contributed by atoms with Crippen LogP contribution in [0.4, 0.5) is 5.69 Å². The summed E-state index contributed by atoms with van der Waals surface area (Å²) in [5.74, 6) is 0.592. The molecular formula is C39H42N4O4S. The number of nitrogens with zero attached hydrogens (tertiary/aromatic N) is 2. The Kier molecular flexibility index (Phi) is 11.0. The summed E-state index contributed by atoms with van der Waals surface area (Å²) in [6.07, 6.45) is 2.44. The molecule has 0 radical (unpaired) electrons. The molecule has 0 aliphatic heterocycles. The van der Waals surface area contributed by atoms with E-state index in [9.17, 15) is 19.5 Å². The number of amides is 1. The predicted molar refractivity (Wildman–Crippen MR) is 195 cm³/mol. The van der Waals surface area contributed by atoms with E-state index in [0.717, 1.165) is 52.8 Å². The minimum atomic E-state index is -0.958. The lowest BCUT2D eigenvalue weighted by molar-refractivity contribution is 0.0697. The first-order chi connectivity index (χ1) is 23.0. The van der Waals surface area contributed by atoms with E-state index in [2.05, 4.69) is 30.7 Å². The van der Waals surface area contributed by atoms with Crippen molar-refractivity contribution in [1.82, 2.24) is 14.9 Å². The predicted octanol–water partition coefficient (Wildman–Crippen LogP) is 8.01. The second-order valence-corrected chi connectivity index (χ2v) is 13.6. The van der Waals surface area contributed by atoms with Crippen molar-refractivity contribution in [3.8, 4) is 11.1 Å². The van der Waals surface area contributed by atoms with Gasteiger partial charge in [-0.1, -0.05) is 75.0 Å². The lowest BCUT2D eigenvalue weighted by Crippen LogP contribution is -2.38. The third-order valence-electron chi connectivity index (χ3n) is 8.28. The molecule has 4 N–H and O–H groups in total. The van der Waals surface area contributed by atoms with Crippen LogP contribution in [0.3, 0.4) is 0 Å². The molecule has 1 atom stereocenters. The molecule has 1 amide bonds. The highest BCUT2D eigenvalue weighted by Gasteiger charge is 2.21. The zero-order chi connectivity index (χ0) is 34.4. The number of aryl methyl sites for hydroxylation is 2. The molecule has 4 aromatic carbocycles. The van der Waals surface area contributed by atoms with E-state index in [1.165, 1.54) is 11.8 Å². The van der Waals surface area contributed by atoms with Gasteiger partial charge in [-0.05, 0) is 90.4 Å². The Balaban J connectivity index is 1.39. The van der Waals surface area contributed by atoms with Crippen LogP contribution >= 0.6 is 11.8 Å². The van der Waals surface area contributed by atoms with Crippen molar-refractivity contribution in [2.24, 2.45) is 5.92 Å².